The van der Waals surface area contributed by atoms with Gasteiger partial charge >= 0.3 is 0 Å². The number of carbonyl (C=O) groups excluding carboxylic acids is 1. The first-order chi connectivity index (χ1) is 15.6. The summed E-state index contributed by atoms with van der Waals surface area (Å²) in [6.45, 7) is 2.34. The van der Waals surface area contributed by atoms with Crippen LogP contribution in [0.25, 0.3) is 22.0 Å². The topological polar surface area (TPSA) is 51.7 Å². The van der Waals surface area contributed by atoms with Crippen molar-refractivity contribution in [3.63, 3.8) is 0 Å². The van der Waals surface area contributed by atoms with Gasteiger partial charge in [0, 0.05) is 17.1 Å². The second kappa shape index (κ2) is 9.25. The molecule has 5 rings (SSSR count). The van der Waals surface area contributed by atoms with Crippen molar-refractivity contribution in [2.75, 3.05) is 19.7 Å². The summed E-state index contributed by atoms with van der Waals surface area (Å²) in [5.41, 5.74) is 2.75. The number of halogens is 2. The molecule has 3 atom stereocenters. The van der Waals surface area contributed by atoms with Crippen molar-refractivity contribution in [2.45, 2.75) is 35.0 Å². The predicted molar refractivity (Wildman–Crippen MR) is 135 cm³/mol. The number of aldehydes is 1. The van der Waals surface area contributed by atoms with Crippen LogP contribution in [-0.4, -0.2) is 51.6 Å². The number of benzene rings is 2. The zero-order chi connectivity index (χ0) is 22.1. The van der Waals surface area contributed by atoms with Crippen molar-refractivity contribution in [3.8, 4) is 16.9 Å². The van der Waals surface area contributed by atoms with Crippen LogP contribution in [0.15, 0.2) is 54.7 Å². The van der Waals surface area contributed by atoms with Crippen molar-refractivity contribution in [1.29, 1.82) is 0 Å². The van der Waals surface area contributed by atoms with Gasteiger partial charge in [-0.05, 0) is 72.3 Å². The Balaban J connectivity index is 1.37. The van der Waals surface area contributed by atoms with Crippen molar-refractivity contribution < 1.29 is 14.3 Å². The number of nitrogens with zero attached hydrogens (tertiary/aromatic N) is 2. The first-order valence-corrected chi connectivity index (χ1v) is 12.4. The average Bonchev–Trinajstić information content (AvgIpc) is 3.17. The fourth-order valence-electron chi connectivity index (χ4n) is 4.72. The molecule has 2 fully saturated rings. The van der Waals surface area contributed by atoms with E-state index in [0.29, 0.717) is 11.6 Å². The first-order valence-electron chi connectivity index (χ1n) is 10.9. The lowest BCUT2D eigenvalue weighted by Crippen LogP contribution is -2.55. The molecule has 2 aromatic carbocycles. The Morgan fingerprint density at radius 2 is 1.88 bits per heavy atom. The normalized spacial score (nSPS) is 26.3. The number of ether oxygens (including phenoxy) is 2. The largest absolute Gasteiger partial charge is 0.486 e. The van der Waals surface area contributed by atoms with Crippen molar-refractivity contribution in [1.82, 2.24) is 9.88 Å². The summed E-state index contributed by atoms with van der Waals surface area (Å²) in [5.74, 6) is 0.751. The van der Waals surface area contributed by atoms with Crippen LogP contribution >= 0.6 is 34.2 Å². The molecule has 0 radical (unpaired) electrons. The second-order valence-corrected chi connectivity index (χ2v) is 10.4. The highest BCUT2D eigenvalue weighted by molar-refractivity contribution is 14.1. The maximum absolute atomic E-state index is 11.9. The minimum Gasteiger partial charge on any atom is -0.486 e. The van der Waals surface area contributed by atoms with Gasteiger partial charge in [-0.15, -0.1) is 0 Å². The Labute approximate surface area is 206 Å². The Hall–Kier alpha value is -1.74. The van der Waals surface area contributed by atoms with E-state index in [1.807, 2.05) is 54.7 Å². The molecule has 2 aliphatic rings. The van der Waals surface area contributed by atoms with E-state index in [-0.39, 0.29) is 12.1 Å². The van der Waals surface area contributed by atoms with E-state index in [0.717, 1.165) is 60.0 Å². The number of para-hydroxylation sites is 1. The van der Waals surface area contributed by atoms with E-state index in [9.17, 15) is 4.79 Å². The van der Waals surface area contributed by atoms with Crippen LogP contribution in [0.5, 0.6) is 5.75 Å². The molecule has 0 saturated carbocycles. The molecule has 1 aromatic heterocycles. The number of fused-ring (bicyclic) bond motifs is 1. The van der Waals surface area contributed by atoms with Crippen LogP contribution in [0.3, 0.4) is 0 Å². The predicted octanol–water partition coefficient (Wildman–Crippen LogP) is 5.52. The average molecular weight is 563 g/mol. The van der Waals surface area contributed by atoms with Gasteiger partial charge in [-0.3, -0.25) is 14.7 Å². The van der Waals surface area contributed by atoms with E-state index in [1.54, 1.807) is 0 Å². The smallest absolute Gasteiger partial charge is 0.192 e. The van der Waals surface area contributed by atoms with Crippen LogP contribution in [0.1, 0.15) is 19.3 Å². The maximum Gasteiger partial charge on any atom is 0.192 e. The molecule has 3 heterocycles. The molecule has 2 saturated heterocycles. The van der Waals surface area contributed by atoms with Crippen LogP contribution < -0.4 is 4.74 Å². The van der Waals surface area contributed by atoms with Gasteiger partial charge in [-0.2, -0.15) is 0 Å². The molecule has 3 aromatic rings. The molecule has 32 heavy (non-hydrogen) atoms. The number of hydrogen-bond donors (Lipinski definition) is 0. The number of pyridine rings is 1. The molecule has 7 heteroatoms. The van der Waals surface area contributed by atoms with Crippen molar-refractivity contribution >= 4 is 51.4 Å². The molecule has 3 unspecified atom stereocenters. The Bertz CT molecular complexity index is 1120. The lowest BCUT2D eigenvalue weighted by atomic mass is 10.0. The minimum atomic E-state index is -0.871. The van der Waals surface area contributed by atoms with Crippen LogP contribution in [-0.2, 0) is 9.53 Å². The third kappa shape index (κ3) is 4.14. The van der Waals surface area contributed by atoms with Gasteiger partial charge in [0.05, 0.1) is 23.2 Å². The van der Waals surface area contributed by atoms with Crippen LogP contribution in [0.2, 0.25) is 5.02 Å². The van der Waals surface area contributed by atoms with Crippen molar-refractivity contribution in [2.24, 2.45) is 0 Å². The summed E-state index contributed by atoms with van der Waals surface area (Å²) in [6.07, 6.45) is 6.06. The summed E-state index contributed by atoms with van der Waals surface area (Å²) in [4.78, 5) is 18.8. The Morgan fingerprint density at radius 1 is 1.12 bits per heavy atom. The molecule has 0 bridgehead atoms. The van der Waals surface area contributed by atoms with Crippen LogP contribution in [0, 0.1) is 0 Å². The highest BCUT2D eigenvalue weighted by Gasteiger charge is 2.52. The standard InChI is InChI=1S/C25H24ClIN2O3/c26-23-19-6-2-3-7-21(19)28-14-20(23)17-8-10-18(11-9-17)32-22-15-31-25(27,16-30)24(22)29-12-4-1-5-13-29/h2-3,6-11,14,16,22,24H,1,4-5,12-13,15H2. The number of likely N-dealkylation sites (tertiary alicyclic amines) is 1. The number of rotatable bonds is 5. The van der Waals surface area contributed by atoms with E-state index in [1.165, 1.54) is 6.42 Å². The molecule has 0 spiro atoms. The second-order valence-electron chi connectivity index (χ2n) is 8.35. The third-order valence-corrected chi connectivity index (χ3v) is 7.94. The lowest BCUT2D eigenvalue weighted by Gasteiger charge is -2.38. The SMILES string of the molecule is O=CC1(I)OCC(Oc2ccc(-c3cnc4ccccc4c3Cl)cc2)C1N1CCCCC1. The molecular weight excluding hydrogens is 539 g/mol. The van der Waals surface area contributed by atoms with E-state index in [4.69, 9.17) is 21.1 Å². The first kappa shape index (κ1) is 22.1. The highest BCUT2D eigenvalue weighted by atomic mass is 127. The maximum atomic E-state index is 11.9. The van der Waals surface area contributed by atoms with Gasteiger partial charge in [0.25, 0.3) is 0 Å². The minimum absolute atomic E-state index is 0.0975. The molecule has 0 aliphatic carbocycles. The number of alkyl halides is 1. The van der Waals surface area contributed by atoms with Gasteiger partial charge in [0.2, 0.25) is 0 Å². The van der Waals surface area contributed by atoms with E-state index in [2.05, 4.69) is 32.5 Å². The number of hydrogen-bond acceptors (Lipinski definition) is 5. The highest BCUT2D eigenvalue weighted by Crippen LogP contribution is 2.39. The Kier molecular flexibility index (Phi) is 6.38. The number of aromatic nitrogens is 1. The summed E-state index contributed by atoms with van der Waals surface area (Å²) in [5, 5.41) is 1.63. The monoisotopic (exact) mass is 562 g/mol. The van der Waals surface area contributed by atoms with Crippen molar-refractivity contribution in [3.05, 3.63) is 59.8 Å². The lowest BCUT2D eigenvalue weighted by molar-refractivity contribution is -0.119. The Morgan fingerprint density at radius 3 is 2.62 bits per heavy atom. The zero-order valence-electron chi connectivity index (χ0n) is 17.5. The molecule has 166 valence electrons. The fourth-order valence-corrected chi connectivity index (χ4v) is 6.01. The molecule has 0 amide bonds. The molecular formula is C25H24ClIN2O3. The number of piperidine rings is 1. The summed E-state index contributed by atoms with van der Waals surface area (Å²) >= 11 is 8.82. The van der Waals surface area contributed by atoms with Gasteiger partial charge in [-0.1, -0.05) is 48.4 Å². The molecule has 0 N–H and O–H groups in total. The van der Waals surface area contributed by atoms with Gasteiger partial charge in [-0.25, -0.2) is 0 Å². The zero-order valence-corrected chi connectivity index (χ0v) is 20.5. The van der Waals surface area contributed by atoms with Crippen LogP contribution in [0.4, 0.5) is 0 Å². The van der Waals surface area contributed by atoms with E-state index >= 15 is 0 Å². The van der Waals surface area contributed by atoms with Gasteiger partial charge < -0.3 is 9.47 Å². The fraction of sp³-hybridized carbons (Fsp3) is 0.360. The quantitative estimate of drug-likeness (QED) is 0.233. The molecule has 2 aliphatic heterocycles. The van der Waals surface area contributed by atoms with E-state index < -0.39 is 3.61 Å². The van der Waals surface area contributed by atoms with Gasteiger partial charge in [0.1, 0.15) is 11.9 Å². The molecule has 5 nitrogen and oxygen atoms in total. The third-order valence-electron chi connectivity index (χ3n) is 6.33. The van der Waals surface area contributed by atoms with Gasteiger partial charge in [0.15, 0.2) is 9.89 Å². The number of carbonyl (C=O) groups is 1. The summed E-state index contributed by atoms with van der Waals surface area (Å²) < 4.78 is 11.4. The summed E-state index contributed by atoms with van der Waals surface area (Å²) in [7, 11) is 0. The summed E-state index contributed by atoms with van der Waals surface area (Å²) in [6, 6.07) is 15.6.